The van der Waals surface area contributed by atoms with Crippen LogP contribution in [-0.4, -0.2) is 33.3 Å². The van der Waals surface area contributed by atoms with Gasteiger partial charge in [-0.05, 0) is 64.3 Å². The van der Waals surface area contributed by atoms with Crippen LogP contribution in [-0.2, 0) is 0 Å². The van der Waals surface area contributed by atoms with Crippen LogP contribution in [0.1, 0.15) is 40.5 Å². The second kappa shape index (κ2) is 6.52. The van der Waals surface area contributed by atoms with E-state index in [4.69, 9.17) is 0 Å². The van der Waals surface area contributed by atoms with Gasteiger partial charge in [-0.1, -0.05) is 12.1 Å². The summed E-state index contributed by atoms with van der Waals surface area (Å²) in [5.74, 6) is 0. The summed E-state index contributed by atoms with van der Waals surface area (Å²) in [5, 5.41) is 16.5. The normalized spacial score (nSPS) is 19.4. The first-order valence-corrected chi connectivity index (χ1v) is 8.69. The van der Waals surface area contributed by atoms with E-state index >= 15 is 0 Å². The molecule has 1 saturated heterocycles. The number of hydrogen-bond donors (Lipinski definition) is 4. The van der Waals surface area contributed by atoms with Gasteiger partial charge in [0, 0.05) is 29.0 Å². The number of piperidine rings is 1. The largest absolute Gasteiger partial charge is 0.335 e. The molecule has 0 bridgehead atoms. The second-order valence-electron chi connectivity index (χ2n) is 8.14. The molecule has 1 aromatic carbocycles. The quantitative estimate of drug-likeness (QED) is 0.689. The molecule has 0 radical (unpaired) electrons. The average Bonchev–Trinajstić information content (AvgIpc) is 2.98. The Morgan fingerprint density at radius 3 is 2.28 bits per heavy atom. The van der Waals surface area contributed by atoms with Gasteiger partial charge in [0.15, 0.2) is 0 Å². The Morgan fingerprint density at radius 1 is 1.08 bits per heavy atom. The molecule has 2 amide bonds. The number of aromatic amines is 1. The molecular formula is C19H27N5O. The molecule has 25 heavy (non-hydrogen) atoms. The molecule has 1 aliphatic heterocycles. The van der Waals surface area contributed by atoms with Gasteiger partial charge in [-0.25, -0.2) is 4.79 Å². The maximum Gasteiger partial charge on any atom is 0.319 e. The van der Waals surface area contributed by atoms with Crippen molar-refractivity contribution < 1.29 is 4.79 Å². The monoisotopic (exact) mass is 341 g/mol. The summed E-state index contributed by atoms with van der Waals surface area (Å²) in [6, 6.07) is 9.61. The summed E-state index contributed by atoms with van der Waals surface area (Å²) in [5.41, 5.74) is 2.77. The van der Waals surface area contributed by atoms with Gasteiger partial charge in [0.1, 0.15) is 0 Å². The minimum absolute atomic E-state index is 0.00538. The number of rotatable bonds is 3. The zero-order chi connectivity index (χ0) is 18.1. The Labute approximate surface area is 148 Å². The van der Waals surface area contributed by atoms with Gasteiger partial charge in [-0.3, -0.25) is 5.10 Å². The van der Waals surface area contributed by atoms with Gasteiger partial charge >= 0.3 is 6.03 Å². The molecule has 0 spiro atoms. The third-order valence-electron chi connectivity index (χ3n) is 4.48. The van der Waals surface area contributed by atoms with E-state index in [0.717, 1.165) is 29.8 Å². The number of nitrogens with zero attached hydrogens (tertiary/aromatic N) is 1. The molecule has 0 saturated carbocycles. The Balaban J connectivity index is 1.59. The zero-order valence-corrected chi connectivity index (χ0v) is 15.3. The van der Waals surface area contributed by atoms with E-state index in [1.807, 2.05) is 30.3 Å². The lowest BCUT2D eigenvalue weighted by molar-refractivity contribution is 0.149. The van der Waals surface area contributed by atoms with Crippen molar-refractivity contribution in [1.82, 2.24) is 20.8 Å². The molecule has 1 fully saturated rings. The molecule has 0 atom stereocenters. The second-order valence-corrected chi connectivity index (χ2v) is 8.14. The summed E-state index contributed by atoms with van der Waals surface area (Å²) in [6.45, 7) is 8.70. The molecule has 6 nitrogen and oxygen atoms in total. The summed E-state index contributed by atoms with van der Waals surface area (Å²) < 4.78 is 0. The predicted molar refractivity (Wildman–Crippen MR) is 100 cm³/mol. The first kappa shape index (κ1) is 17.5. The van der Waals surface area contributed by atoms with E-state index in [1.54, 1.807) is 6.20 Å². The van der Waals surface area contributed by atoms with Crippen LogP contribution in [0.2, 0.25) is 0 Å². The Morgan fingerprint density at radius 2 is 1.72 bits per heavy atom. The zero-order valence-electron chi connectivity index (χ0n) is 15.3. The van der Waals surface area contributed by atoms with E-state index in [9.17, 15) is 4.79 Å². The predicted octanol–water partition coefficient (Wildman–Crippen LogP) is 3.51. The van der Waals surface area contributed by atoms with Crippen molar-refractivity contribution >= 4 is 11.7 Å². The highest BCUT2D eigenvalue weighted by atomic mass is 16.2. The van der Waals surface area contributed by atoms with Crippen molar-refractivity contribution in [2.24, 2.45) is 0 Å². The highest BCUT2D eigenvalue weighted by Gasteiger charge is 2.38. The molecule has 134 valence electrons. The van der Waals surface area contributed by atoms with Gasteiger partial charge in [0.25, 0.3) is 0 Å². The molecular weight excluding hydrogens is 314 g/mol. The molecule has 0 unspecified atom stereocenters. The van der Waals surface area contributed by atoms with Gasteiger partial charge in [0.2, 0.25) is 0 Å². The van der Waals surface area contributed by atoms with Crippen LogP contribution in [0, 0.1) is 0 Å². The standard InChI is InChI=1S/C19H27N5O/c1-18(2)11-15(12-19(3,4)24-18)22-17(25)21-14-7-5-13(6-8-14)16-9-10-20-23-16/h5-10,15,24H,11-12H2,1-4H3,(H,20,23)(H2,21,22,25). The number of carbonyl (C=O) groups is 1. The number of anilines is 1. The van der Waals surface area contributed by atoms with Crippen molar-refractivity contribution in [3.63, 3.8) is 0 Å². The highest BCUT2D eigenvalue weighted by Crippen LogP contribution is 2.28. The number of benzene rings is 1. The third-order valence-corrected chi connectivity index (χ3v) is 4.48. The first-order valence-electron chi connectivity index (χ1n) is 8.69. The van der Waals surface area contributed by atoms with Gasteiger partial charge in [-0.15, -0.1) is 0 Å². The van der Waals surface area contributed by atoms with E-state index < -0.39 is 0 Å². The van der Waals surface area contributed by atoms with Crippen molar-refractivity contribution in [3.8, 4) is 11.3 Å². The smallest absolute Gasteiger partial charge is 0.319 e. The molecule has 0 aliphatic carbocycles. The van der Waals surface area contributed by atoms with Crippen LogP contribution in [0.15, 0.2) is 36.5 Å². The first-order chi connectivity index (χ1) is 11.7. The third kappa shape index (κ3) is 4.60. The lowest BCUT2D eigenvalue weighted by Crippen LogP contribution is -2.62. The van der Waals surface area contributed by atoms with E-state index in [0.29, 0.717) is 0 Å². The lowest BCUT2D eigenvalue weighted by Gasteiger charge is -2.46. The molecule has 2 aromatic rings. The van der Waals surface area contributed by atoms with Crippen LogP contribution in [0.25, 0.3) is 11.3 Å². The van der Waals surface area contributed by atoms with E-state index in [2.05, 4.69) is 53.8 Å². The van der Waals surface area contributed by atoms with Gasteiger partial charge in [-0.2, -0.15) is 5.10 Å². The average molecular weight is 341 g/mol. The van der Waals surface area contributed by atoms with Crippen LogP contribution in [0.4, 0.5) is 10.5 Å². The van der Waals surface area contributed by atoms with Gasteiger partial charge in [0.05, 0.1) is 5.69 Å². The summed E-state index contributed by atoms with van der Waals surface area (Å²) in [7, 11) is 0. The van der Waals surface area contributed by atoms with Crippen molar-refractivity contribution in [2.75, 3.05) is 5.32 Å². The Hall–Kier alpha value is -2.34. The Kier molecular flexibility index (Phi) is 4.56. The van der Waals surface area contributed by atoms with E-state index in [-0.39, 0.29) is 23.2 Å². The number of hydrogen-bond acceptors (Lipinski definition) is 3. The number of amides is 2. The summed E-state index contributed by atoms with van der Waals surface area (Å²) in [6.07, 6.45) is 3.53. The maximum atomic E-state index is 12.4. The van der Waals surface area contributed by atoms with Crippen molar-refractivity contribution in [1.29, 1.82) is 0 Å². The molecule has 4 N–H and O–H groups in total. The fourth-order valence-electron chi connectivity index (χ4n) is 3.93. The van der Waals surface area contributed by atoms with E-state index in [1.165, 1.54) is 0 Å². The maximum absolute atomic E-state index is 12.4. The number of nitrogens with one attached hydrogen (secondary N) is 4. The van der Waals surface area contributed by atoms with Crippen LogP contribution < -0.4 is 16.0 Å². The minimum atomic E-state index is -0.159. The van der Waals surface area contributed by atoms with Crippen molar-refractivity contribution in [2.45, 2.75) is 57.7 Å². The van der Waals surface area contributed by atoms with Gasteiger partial charge < -0.3 is 16.0 Å². The topological polar surface area (TPSA) is 81.8 Å². The number of carbonyl (C=O) groups excluding carboxylic acids is 1. The number of aromatic nitrogens is 2. The summed E-state index contributed by atoms with van der Waals surface area (Å²) >= 11 is 0. The molecule has 1 aliphatic rings. The summed E-state index contributed by atoms with van der Waals surface area (Å²) in [4.78, 5) is 12.4. The number of urea groups is 1. The van der Waals surface area contributed by atoms with Crippen molar-refractivity contribution in [3.05, 3.63) is 36.5 Å². The number of H-pyrrole nitrogens is 1. The SMILES string of the molecule is CC1(C)CC(NC(=O)Nc2ccc(-c3ccn[nH]3)cc2)CC(C)(C)N1. The van der Waals surface area contributed by atoms with Crippen LogP contribution >= 0.6 is 0 Å². The van der Waals surface area contributed by atoms with Crippen LogP contribution in [0.3, 0.4) is 0 Å². The molecule has 6 heteroatoms. The molecule has 1 aromatic heterocycles. The molecule has 2 heterocycles. The molecule has 3 rings (SSSR count). The Bertz CT molecular complexity index is 703. The minimum Gasteiger partial charge on any atom is -0.335 e. The van der Waals surface area contributed by atoms with Crippen LogP contribution in [0.5, 0.6) is 0 Å². The fraction of sp³-hybridized carbons (Fsp3) is 0.474. The lowest BCUT2D eigenvalue weighted by atomic mass is 9.80. The highest BCUT2D eigenvalue weighted by molar-refractivity contribution is 5.89. The fourth-order valence-corrected chi connectivity index (χ4v) is 3.93.